The molecule has 6 nitrogen and oxygen atoms in total. The minimum atomic E-state index is -4.37. The van der Waals surface area contributed by atoms with E-state index in [0.29, 0.717) is 22.8 Å². The number of hydrogen-bond acceptors (Lipinski definition) is 5. The molecule has 0 amide bonds. The summed E-state index contributed by atoms with van der Waals surface area (Å²) in [6, 6.07) is 6.72. The van der Waals surface area contributed by atoms with Crippen LogP contribution in [0.15, 0.2) is 36.7 Å². The predicted octanol–water partition coefficient (Wildman–Crippen LogP) is 3.16. The zero-order chi connectivity index (χ0) is 19.2. The highest BCUT2D eigenvalue weighted by Crippen LogP contribution is 2.41. The number of hydrogen-bond donors (Lipinski definition) is 1. The minimum Gasteiger partial charge on any atom is -0.489 e. The lowest BCUT2D eigenvalue weighted by Crippen LogP contribution is -2.72. The van der Waals surface area contributed by atoms with Gasteiger partial charge in [0.05, 0.1) is 23.3 Å². The Hall–Kier alpha value is -2.68. The molecule has 1 saturated heterocycles. The molecule has 4 heterocycles. The Morgan fingerprint density at radius 1 is 1.26 bits per heavy atom. The largest absolute Gasteiger partial charge is 0.489 e. The fraction of sp³-hybridized carbons (Fsp3) is 0.389. The van der Waals surface area contributed by atoms with Gasteiger partial charge in [0, 0.05) is 18.3 Å². The van der Waals surface area contributed by atoms with Crippen molar-refractivity contribution in [3.63, 3.8) is 0 Å². The lowest BCUT2D eigenvalue weighted by atomic mass is 9.82. The third kappa shape index (κ3) is 3.01. The van der Waals surface area contributed by atoms with Gasteiger partial charge in [-0.25, -0.2) is 14.5 Å². The fourth-order valence-corrected chi connectivity index (χ4v) is 3.43. The van der Waals surface area contributed by atoms with Crippen molar-refractivity contribution in [2.24, 2.45) is 0 Å². The molecule has 0 aliphatic carbocycles. The molecule has 3 aromatic heterocycles. The summed E-state index contributed by atoms with van der Waals surface area (Å²) in [5, 5.41) is 6.77. The van der Waals surface area contributed by atoms with Crippen LogP contribution >= 0.6 is 0 Å². The number of fused-ring (bicyclic) bond motifs is 1. The van der Waals surface area contributed by atoms with Crippen molar-refractivity contribution in [3.05, 3.63) is 42.4 Å². The van der Waals surface area contributed by atoms with Crippen molar-refractivity contribution >= 4 is 5.65 Å². The van der Waals surface area contributed by atoms with E-state index in [4.69, 9.17) is 4.74 Å². The maximum absolute atomic E-state index is 13.4. The van der Waals surface area contributed by atoms with Crippen LogP contribution in [-0.2, 0) is 0 Å². The van der Waals surface area contributed by atoms with E-state index in [0.717, 1.165) is 5.69 Å². The van der Waals surface area contributed by atoms with E-state index >= 15 is 0 Å². The number of nitrogens with zero attached hydrogens (tertiary/aromatic N) is 4. The van der Waals surface area contributed by atoms with Crippen molar-refractivity contribution in [1.82, 2.24) is 24.9 Å². The van der Waals surface area contributed by atoms with Crippen LogP contribution in [0.4, 0.5) is 13.2 Å². The number of halogens is 3. The number of nitrogens with one attached hydrogen (secondary N) is 1. The van der Waals surface area contributed by atoms with Crippen molar-refractivity contribution in [1.29, 1.82) is 0 Å². The molecule has 0 bridgehead atoms. The van der Waals surface area contributed by atoms with E-state index in [1.54, 1.807) is 55.0 Å². The van der Waals surface area contributed by atoms with Gasteiger partial charge in [-0.3, -0.25) is 5.32 Å². The summed E-state index contributed by atoms with van der Waals surface area (Å²) in [7, 11) is 0. The van der Waals surface area contributed by atoms with Gasteiger partial charge in [0.25, 0.3) is 0 Å². The van der Waals surface area contributed by atoms with Crippen LogP contribution in [0.3, 0.4) is 0 Å². The fourth-order valence-electron chi connectivity index (χ4n) is 3.43. The molecule has 1 fully saturated rings. The first-order chi connectivity index (χ1) is 12.8. The lowest BCUT2D eigenvalue weighted by molar-refractivity contribution is -0.232. The van der Waals surface area contributed by atoms with Crippen LogP contribution in [0.25, 0.3) is 17.0 Å². The molecule has 1 aliphatic heterocycles. The highest BCUT2D eigenvalue weighted by molar-refractivity contribution is 5.59. The summed E-state index contributed by atoms with van der Waals surface area (Å²) < 4.78 is 47.2. The first-order valence-electron chi connectivity index (χ1n) is 8.53. The Morgan fingerprint density at radius 3 is 2.70 bits per heavy atom. The molecular formula is C18H18F3N5O. The van der Waals surface area contributed by atoms with Gasteiger partial charge in [0.15, 0.2) is 11.2 Å². The van der Waals surface area contributed by atoms with Gasteiger partial charge < -0.3 is 4.74 Å². The number of ether oxygens (including phenoxy) is 1. The summed E-state index contributed by atoms with van der Waals surface area (Å²) in [6.45, 7) is 2.94. The Labute approximate surface area is 153 Å². The third-order valence-corrected chi connectivity index (χ3v) is 4.78. The Bertz CT molecular complexity index is 979. The lowest BCUT2D eigenvalue weighted by Gasteiger charge is -2.48. The summed E-state index contributed by atoms with van der Waals surface area (Å²) in [4.78, 5) is 8.68. The first kappa shape index (κ1) is 17.7. The molecule has 9 heteroatoms. The number of aromatic nitrogens is 4. The van der Waals surface area contributed by atoms with Crippen LogP contribution in [0, 0.1) is 6.92 Å². The summed E-state index contributed by atoms with van der Waals surface area (Å²) in [5.74, 6) is 0.328. The van der Waals surface area contributed by atoms with Gasteiger partial charge in [0.1, 0.15) is 12.4 Å². The van der Waals surface area contributed by atoms with Crippen LogP contribution < -0.4 is 10.1 Å². The molecule has 0 saturated carbocycles. The zero-order valence-electron chi connectivity index (χ0n) is 14.8. The summed E-state index contributed by atoms with van der Waals surface area (Å²) >= 11 is 0. The van der Waals surface area contributed by atoms with E-state index < -0.39 is 18.3 Å². The van der Waals surface area contributed by atoms with Crippen LogP contribution in [0.5, 0.6) is 5.75 Å². The molecule has 2 unspecified atom stereocenters. The quantitative estimate of drug-likeness (QED) is 0.757. The predicted molar refractivity (Wildman–Crippen MR) is 92.5 cm³/mol. The number of pyridine rings is 1. The van der Waals surface area contributed by atoms with Gasteiger partial charge in [-0.1, -0.05) is 0 Å². The van der Waals surface area contributed by atoms with E-state index in [9.17, 15) is 13.2 Å². The molecule has 0 aromatic carbocycles. The van der Waals surface area contributed by atoms with Crippen LogP contribution in [0.1, 0.15) is 19.0 Å². The molecule has 142 valence electrons. The highest BCUT2D eigenvalue weighted by atomic mass is 19.4. The Balaban J connectivity index is 1.57. The van der Waals surface area contributed by atoms with Crippen molar-refractivity contribution in [2.75, 3.05) is 6.61 Å². The normalized spacial score (nSPS) is 22.6. The Kier molecular flexibility index (Phi) is 4.06. The van der Waals surface area contributed by atoms with E-state index in [-0.39, 0.29) is 12.5 Å². The molecule has 27 heavy (non-hydrogen) atoms. The third-order valence-electron chi connectivity index (χ3n) is 4.78. The summed E-state index contributed by atoms with van der Waals surface area (Å²) in [6.07, 6.45) is -1.08. The van der Waals surface area contributed by atoms with Crippen molar-refractivity contribution in [2.45, 2.75) is 38.0 Å². The molecule has 1 aliphatic rings. The number of alkyl halides is 3. The smallest absolute Gasteiger partial charge is 0.409 e. The zero-order valence-corrected chi connectivity index (χ0v) is 14.8. The van der Waals surface area contributed by atoms with Crippen LogP contribution in [0.2, 0.25) is 0 Å². The van der Waals surface area contributed by atoms with Crippen molar-refractivity contribution in [3.8, 4) is 17.1 Å². The van der Waals surface area contributed by atoms with Gasteiger partial charge >= 0.3 is 6.18 Å². The second-order valence-corrected chi connectivity index (χ2v) is 6.83. The molecule has 3 aromatic rings. The average Bonchev–Trinajstić information content (AvgIpc) is 3.06. The maximum atomic E-state index is 13.4. The van der Waals surface area contributed by atoms with Gasteiger partial charge in [0.2, 0.25) is 0 Å². The first-order valence-corrected chi connectivity index (χ1v) is 8.53. The summed E-state index contributed by atoms with van der Waals surface area (Å²) in [5.41, 5.74) is 0.570. The Morgan fingerprint density at radius 2 is 2.04 bits per heavy atom. The average molecular weight is 377 g/mol. The number of aryl methyl sites for hydroxylation is 1. The molecule has 0 spiro atoms. The molecule has 2 atom stereocenters. The molecule has 1 N–H and O–H groups in total. The van der Waals surface area contributed by atoms with E-state index in [2.05, 4.69) is 20.4 Å². The minimum absolute atomic E-state index is 0.00461. The maximum Gasteiger partial charge on any atom is 0.409 e. The topological polar surface area (TPSA) is 64.3 Å². The molecule has 4 rings (SSSR count). The standard InChI is InChI=1S/C18H18F3N5O/c1-11-9-17(25-11,18(19,20)21)10-27-15-4-3-13(24-12(15)2)14-5-7-22-16-6-8-23-26(14)16/h3-8,11,25H,9-10H2,1-2H3. The molecular weight excluding hydrogens is 359 g/mol. The van der Waals surface area contributed by atoms with Gasteiger partial charge in [-0.05, 0) is 38.5 Å². The van der Waals surface area contributed by atoms with Crippen molar-refractivity contribution < 1.29 is 17.9 Å². The SMILES string of the molecule is Cc1nc(-c2ccnc3ccnn23)ccc1OCC1(C(F)(F)F)CC(C)N1. The van der Waals surface area contributed by atoms with Gasteiger partial charge in [-0.15, -0.1) is 0 Å². The second kappa shape index (κ2) is 6.19. The monoisotopic (exact) mass is 377 g/mol. The van der Waals surface area contributed by atoms with E-state index in [1.807, 2.05) is 0 Å². The van der Waals surface area contributed by atoms with Crippen LogP contribution in [-0.4, -0.2) is 43.9 Å². The van der Waals surface area contributed by atoms with Gasteiger partial charge in [-0.2, -0.15) is 18.3 Å². The highest BCUT2D eigenvalue weighted by Gasteiger charge is 2.61. The van der Waals surface area contributed by atoms with E-state index in [1.165, 1.54) is 0 Å². The second-order valence-electron chi connectivity index (χ2n) is 6.83. The molecule has 0 radical (unpaired) electrons. The number of rotatable bonds is 4.